The fourth-order valence-corrected chi connectivity index (χ4v) is 3.81. The number of ether oxygens (including phenoxy) is 1. The van der Waals surface area contributed by atoms with Gasteiger partial charge in [0.05, 0.1) is 0 Å². The van der Waals surface area contributed by atoms with Crippen LogP contribution in [-0.4, -0.2) is 62.2 Å². The molecule has 0 saturated carbocycles. The molecule has 1 saturated heterocycles. The van der Waals surface area contributed by atoms with Gasteiger partial charge in [-0.15, -0.1) is 0 Å². The lowest BCUT2D eigenvalue weighted by atomic mass is 10.1. The van der Waals surface area contributed by atoms with E-state index in [9.17, 15) is 0 Å². The first-order valence-corrected chi connectivity index (χ1v) is 10.1. The van der Waals surface area contributed by atoms with Crippen LogP contribution in [0.1, 0.15) is 11.1 Å². The lowest BCUT2D eigenvalue weighted by Gasteiger charge is -2.28. The molecule has 0 aliphatic carbocycles. The van der Waals surface area contributed by atoms with Gasteiger partial charge in [0.15, 0.2) is 0 Å². The molecule has 2 bridgehead atoms. The third-order valence-electron chi connectivity index (χ3n) is 5.37. The number of fused-ring (bicyclic) bond motifs is 8. The molecule has 0 aromatic heterocycles. The lowest BCUT2D eigenvalue weighted by molar-refractivity contribution is 0.228. The predicted octanol–water partition coefficient (Wildman–Crippen LogP) is 2.29. The Morgan fingerprint density at radius 2 is 1.00 bits per heavy atom. The highest BCUT2D eigenvalue weighted by molar-refractivity contribution is 5.41. The van der Waals surface area contributed by atoms with E-state index in [1.807, 2.05) is 0 Å². The van der Waals surface area contributed by atoms with Gasteiger partial charge in [0, 0.05) is 76.6 Å². The van der Waals surface area contributed by atoms with Gasteiger partial charge in [-0.25, -0.2) is 0 Å². The van der Waals surface area contributed by atoms with Gasteiger partial charge in [-0.1, -0.05) is 36.4 Å². The van der Waals surface area contributed by atoms with Crippen molar-refractivity contribution < 1.29 is 4.74 Å². The number of hydrogen-bond donors (Lipinski definition) is 2. The predicted molar refractivity (Wildman–Crippen MR) is 109 cm³/mol. The van der Waals surface area contributed by atoms with Crippen LogP contribution in [0, 0.1) is 0 Å². The molecular formula is C22H30N4O. The van der Waals surface area contributed by atoms with Crippen LogP contribution in [-0.2, 0) is 13.1 Å². The number of nitrogens with one attached hydrogen (secondary N) is 2. The average Bonchev–Trinajstić information content (AvgIpc) is 2.68. The van der Waals surface area contributed by atoms with E-state index in [1.165, 1.54) is 11.1 Å². The summed E-state index contributed by atoms with van der Waals surface area (Å²) in [5.74, 6) is 1.94. The van der Waals surface area contributed by atoms with Gasteiger partial charge < -0.3 is 15.4 Å². The van der Waals surface area contributed by atoms with E-state index in [2.05, 4.69) is 69.0 Å². The standard InChI is InChI=1S/C22H30N4O/c1-3-7-21-19(5-1)17-25-13-9-23-11-15-26(16-12-24-10-14-25)18-20-6-2-4-8-22(20)27-21/h1-8,23-24H,9-18H2. The Balaban J connectivity index is 1.71. The molecule has 2 aromatic carbocycles. The molecule has 3 aliphatic heterocycles. The van der Waals surface area contributed by atoms with Crippen LogP contribution in [0.25, 0.3) is 0 Å². The van der Waals surface area contributed by atoms with E-state index in [0.717, 1.165) is 76.9 Å². The van der Waals surface area contributed by atoms with E-state index >= 15 is 0 Å². The largest absolute Gasteiger partial charge is 0.457 e. The van der Waals surface area contributed by atoms with Crippen molar-refractivity contribution in [3.05, 3.63) is 59.7 Å². The topological polar surface area (TPSA) is 39.8 Å². The van der Waals surface area contributed by atoms with Gasteiger partial charge in [-0.3, -0.25) is 9.80 Å². The second kappa shape index (κ2) is 9.33. The number of benzene rings is 2. The summed E-state index contributed by atoms with van der Waals surface area (Å²) < 4.78 is 6.44. The van der Waals surface area contributed by atoms with Crippen LogP contribution in [0.15, 0.2) is 48.5 Å². The summed E-state index contributed by atoms with van der Waals surface area (Å²) >= 11 is 0. The van der Waals surface area contributed by atoms with Crippen LogP contribution >= 0.6 is 0 Å². The number of hydrogen-bond acceptors (Lipinski definition) is 5. The number of rotatable bonds is 0. The summed E-state index contributed by atoms with van der Waals surface area (Å²) in [7, 11) is 0. The van der Waals surface area contributed by atoms with Crippen molar-refractivity contribution in [3.63, 3.8) is 0 Å². The third-order valence-corrected chi connectivity index (χ3v) is 5.37. The minimum atomic E-state index is 0.911. The summed E-state index contributed by atoms with van der Waals surface area (Å²) in [6.45, 7) is 10.1. The van der Waals surface area contributed by atoms with Crippen molar-refractivity contribution in [2.75, 3.05) is 52.4 Å². The number of para-hydroxylation sites is 2. The summed E-state index contributed by atoms with van der Waals surface area (Å²) in [5.41, 5.74) is 2.50. The summed E-state index contributed by atoms with van der Waals surface area (Å²) in [5, 5.41) is 7.26. The molecule has 2 N–H and O–H groups in total. The second-order valence-corrected chi connectivity index (χ2v) is 7.37. The first kappa shape index (κ1) is 18.4. The van der Waals surface area contributed by atoms with Crippen LogP contribution in [0.2, 0.25) is 0 Å². The molecule has 0 amide bonds. The van der Waals surface area contributed by atoms with E-state index in [1.54, 1.807) is 0 Å². The highest BCUT2D eigenvalue weighted by atomic mass is 16.5. The zero-order valence-electron chi connectivity index (χ0n) is 16.0. The Bertz CT molecular complexity index is 662. The van der Waals surface area contributed by atoms with Crippen molar-refractivity contribution in [3.8, 4) is 11.5 Å². The first-order chi connectivity index (χ1) is 13.4. The lowest BCUT2D eigenvalue weighted by Crippen LogP contribution is -2.43. The normalized spacial score (nSPS) is 24.3. The average molecular weight is 367 g/mol. The maximum Gasteiger partial charge on any atom is 0.131 e. The van der Waals surface area contributed by atoms with Gasteiger partial charge >= 0.3 is 0 Å². The van der Waals surface area contributed by atoms with Crippen molar-refractivity contribution in [1.82, 2.24) is 20.4 Å². The van der Waals surface area contributed by atoms with Gasteiger partial charge in [-0.2, -0.15) is 0 Å². The molecule has 5 rings (SSSR count). The maximum atomic E-state index is 6.44. The molecule has 0 spiro atoms. The Morgan fingerprint density at radius 1 is 0.593 bits per heavy atom. The Labute approximate surface area is 162 Å². The Morgan fingerprint density at radius 3 is 1.44 bits per heavy atom. The fraction of sp³-hybridized carbons (Fsp3) is 0.455. The minimum absolute atomic E-state index is 0.911. The van der Waals surface area contributed by atoms with Crippen molar-refractivity contribution >= 4 is 0 Å². The molecule has 27 heavy (non-hydrogen) atoms. The highest BCUT2D eigenvalue weighted by Crippen LogP contribution is 2.29. The van der Waals surface area contributed by atoms with E-state index < -0.39 is 0 Å². The monoisotopic (exact) mass is 366 g/mol. The third kappa shape index (κ3) is 5.08. The Kier molecular flexibility index (Phi) is 6.37. The van der Waals surface area contributed by atoms with Crippen LogP contribution in [0.3, 0.4) is 0 Å². The molecule has 0 radical (unpaired) electrons. The summed E-state index contributed by atoms with van der Waals surface area (Å²) in [6, 6.07) is 16.9. The summed E-state index contributed by atoms with van der Waals surface area (Å²) in [4.78, 5) is 5.03. The van der Waals surface area contributed by atoms with Crippen LogP contribution in [0.5, 0.6) is 11.5 Å². The fourth-order valence-electron chi connectivity index (χ4n) is 3.81. The molecule has 1 fully saturated rings. The second-order valence-electron chi connectivity index (χ2n) is 7.37. The first-order valence-electron chi connectivity index (χ1n) is 10.1. The van der Waals surface area contributed by atoms with Crippen LogP contribution < -0.4 is 15.4 Å². The molecule has 0 atom stereocenters. The molecule has 0 unspecified atom stereocenters. The zero-order chi connectivity index (χ0) is 18.3. The van der Waals surface area contributed by atoms with Gasteiger partial charge in [0.1, 0.15) is 11.5 Å². The minimum Gasteiger partial charge on any atom is -0.457 e. The van der Waals surface area contributed by atoms with Crippen molar-refractivity contribution in [2.24, 2.45) is 0 Å². The van der Waals surface area contributed by atoms with E-state index in [4.69, 9.17) is 4.74 Å². The summed E-state index contributed by atoms with van der Waals surface area (Å²) in [6.07, 6.45) is 0. The number of nitrogens with zero attached hydrogens (tertiary/aromatic N) is 2. The molecule has 3 heterocycles. The van der Waals surface area contributed by atoms with Crippen molar-refractivity contribution in [2.45, 2.75) is 13.1 Å². The quantitative estimate of drug-likeness (QED) is 0.749. The Hall–Kier alpha value is -1.92. The van der Waals surface area contributed by atoms with Gasteiger partial charge in [0.25, 0.3) is 0 Å². The molecule has 5 heteroatoms. The molecule has 144 valence electrons. The SMILES string of the molecule is c1ccc2c(c1)CN1CCNCCN(CCNCC1)Cc1ccccc1O2. The van der Waals surface area contributed by atoms with Crippen LogP contribution in [0.4, 0.5) is 0 Å². The molecule has 5 nitrogen and oxygen atoms in total. The maximum absolute atomic E-state index is 6.44. The van der Waals surface area contributed by atoms with Crippen molar-refractivity contribution in [1.29, 1.82) is 0 Å². The van der Waals surface area contributed by atoms with E-state index in [0.29, 0.717) is 0 Å². The zero-order valence-corrected chi connectivity index (χ0v) is 16.0. The van der Waals surface area contributed by atoms with E-state index in [-0.39, 0.29) is 0 Å². The van der Waals surface area contributed by atoms with Gasteiger partial charge in [-0.05, 0) is 12.1 Å². The molecular weight excluding hydrogens is 336 g/mol. The molecule has 3 aliphatic rings. The van der Waals surface area contributed by atoms with Gasteiger partial charge in [0.2, 0.25) is 0 Å². The smallest absolute Gasteiger partial charge is 0.131 e. The highest BCUT2D eigenvalue weighted by Gasteiger charge is 2.16. The molecule has 2 aromatic rings.